The summed E-state index contributed by atoms with van der Waals surface area (Å²) in [6, 6.07) is -1.05. The van der Waals surface area contributed by atoms with Gasteiger partial charge in [-0.1, -0.05) is 20.3 Å². The quantitative estimate of drug-likeness (QED) is 0.772. The van der Waals surface area contributed by atoms with E-state index in [0.29, 0.717) is 0 Å². The molecule has 0 radical (unpaired) electrons. The second-order valence-corrected chi connectivity index (χ2v) is 5.35. The van der Waals surface area contributed by atoms with Gasteiger partial charge in [-0.05, 0) is 38.8 Å². The third kappa shape index (κ3) is 3.98. The summed E-state index contributed by atoms with van der Waals surface area (Å²) in [6.07, 6.45) is 3.45. The zero-order chi connectivity index (χ0) is 13.7. The van der Waals surface area contributed by atoms with Gasteiger partial charge in [-0.15, -0.1) is 0 Å². The molecule has 1 rings (SSSR count). The lowest BCUT2D eigenvalue weighted by Gasteiger charge is -2.36. The van der Waals surface area contributed by atoms with E-state index in [2.05, 4.69) is 10.2 Å². The van der Waals surface area contributed by atoms with Crippen molar-refractivity contribution in [3.05, 3.63) is 0 Å². The molecule has 1 aliphatic rings. The molecule has 5 nitrogen and oxygen atoms in total. The molecule has 1 fully saturated rings. The van der Waals surface area contributed by atoms with Gasteiger partial charge in [-0.25, -0.2) is 0 Å². The Labute approximate surface area is 109 Å². The van der Waals surface area contributed by atoms with Crippen molar-refractivity contribution in [3.8, 4) is 0 Å². The third-order valence-electron chi connectivity index (χ3n) is 3.41. The number of carbonyl (C=O) groups is 2. The van der Waals surface area contributed by atoms with Crippen molar-refractivity contribution in [1.29, 1.82) is 0 Å². The zero-order valence-electron chi connectivity index (χ0n) is 11.5. The summed E-state index contributed by atoms with van der Waals surface area (Å²) in [5.41, 5.74) is 0. The van der Waals surface area contributed by atoms with Crippen LogP contribution in [0.3, 0.4) is 0 Å². The number of amides is 1. The van der Waals surface area contributed by atoms with Crippen LogP contribution >= 0.6 is 0 Å². The van der Waals surface area contributed by atoms with E-state index in [-0.39, 0.29) is 17.9 Å². The van der Waals surface area contributed by atoms with Gasteiger partial charge in [-0.3, -0.25) is 14.5 Å². The number of nitrogens with zero attached hydrogens (tertiary/aromatic N) is 1. The molecule has 104 valence electrons. The van der Waals surface area contributed by atoms with Gasteiger partial charge in [0.1, 0.15) is 6.04 Å². The van der Waals surface area contributed by atoms with Gasteiger partial charge >= 0.3 is 5.97 Å². The molecule has 5 heteroatoms. The van der Waals surface area contributed by atoms with E-state index in [0.717, 1.165) is 25.9 Å². The number of aliphatic carboxylic acids is 1. The van der Waals surface area contributed by atoms with E-state index >= 15 is 0 Å². The Kier molecular flexibility index (Phi) is 5.59. The summed E-state index contributed by atoms with van der Waals surface area (Å²) in [5.74, 6) is -0.976. The molecule has 0 aliphatic carbocycles. The number of rotatable bonds is 5. The Morgan fingerprint density at radius 1 is 1.11 bits per heavy atom. The average molecular weight is 256 g/mol. The average Bonchev–Trinajstić information content (AvgIpc) is 2.29. The first-order valence-corrected chi connectivity index (χ1v) is 6.70. The Morgan fingerprint density at radius 2 is 1.67 bits per heavy atom. The van der Waals surface area contributed by atoms with Crippen molar-refractivity contribution in [1.82, 2.24) is 10.2 Å². The van der Waals surface area contributed by atoms with Crippen LogP contribution in [0.25, 0.3) is 0 Å². The molecule has 1 heterocycles. The van der Waals surface area contributed by atoms with Crippen molar-refractivity contribution in [2.24, 2.45) is 5.92 Å². The van der Waals surface area contributed by atoms with Crippen LogP contribution in [0, 0.1) is 5.92 Å². The van der Waals surface area contributed by atoms with E-state index in [1.165, 1.54) is 13.3 Å². The molecule has 1 aliphatic heterocycles. The van der Waals surface area contributed by atoms with Gasteiger partial charge in [0, 0.05) is 0 Å². The normalized spacial score (nSPS) is 20.4. The first-order valence-electron chi connectivity index (χ1n) is 6.70. The molecule has 1 unspecified atom stereocenters. The number of carboxylic acid groups (broad SMARTS) is 1. The monoisotopic (exact) mass is 256 g/mol. The molecule has 1 amide bonds. The van der Waals surface area contributed by atoms with Gasteiger partial charge in [0.25, 0.3) is 0 Å². The maximum atomic E-state index is 12.2. The number of hydrogen-bond acceptors (Lipinski definition) is 3. The smallest absolute Gasteiger partial charge is 0.325 e. The molecule has 0 spiro atoms. The number of hydrogen-bond donors (Lipinski definition) is 2. The molecule has 2 N–H and O–H groups in total. The molecule has 1 saturated heterocycles. The standard InChI is InChI=1S/C13H24N2O3/c1-9(2)11(15-7-5-4-6-8-15)12(16)14-10(3)13(17)18/h9-11H,4-8H2,1-3H3,(H,14,16)(H,17,18)/t10-,11?/m0/s1. The summed E-state index contributed by atoms with van der Waals surface area (Å²) in [7, 11) is 0. The second-order valence-electron chi connectivity index (χ2n) is 5.35. The maximum absolute atomic E-state index is 12.2. The van der Waals surface area contributed by atoms with E-state index in [1.54, 1.807) is 0 Å². The van der Waals surface area contributed by atoms with E-state index in [4.69, 9.17) is 5.11 Å². The minimum atomic E-state index is -0.996. The molecule has 0 aromatic carbocycles. The predicted molar refractivity (Wildman–Crippen MR) is 69.3 cm³/mol. The Hall–Kier alpha value is -1.10. The first kappa shape index (κ1) is 15.0. The van der Waals surface area contributed by atoms with Crippen LogP contribution in [0.5, 0.6) is 0 Å². The van der Waals surface area contributed by atoms with E-state index in [9.17, 15) is 9.59 Å². The highest BCUT2D eigenvalue weighted by Crippen LogP contribution is 2.17. The molecule has 0 aromatic heterocycles. The van der Waals surface area contributed by atoms with Crippen LogP contribution in [0.4, 0.5) is 0 Å². The van der Waals surface area contributed by atoms with Crippen LogP contribution in [0.15, 0.2) is 0 Å². The SMILES string of the molecule is CC(C)C(C(=O)N[C@@H](C)C(=O)O)N1CCCCC1. The van der Waals surface area contributed by atoms with Crippen molar-refractivity contribution in [3.63, 3.8) is 0 Å². The predicted octanol–water partition coefficient (Wildman–Crippen LogP) is 1.09. The third-order valence-corrected chi connectivity index (χ3v) is 3.41. The van der Waals surface area contributed by atoms with Crippen LogP contribution < -0.4 is 5.32 Å². The molecule has 0 aromatic rings. The molecule has 18 heavy (non-hydrogen) atoms. The fraction of sp³-hybridized carbons (Fsp3) is 0.846. The molecule has 0 bridgehead atoms. The topological polar surface area (TPSA) is 69.6 Å². The molecule has 2 atom stereocenters. The Balaban J connectivity index is 2.65. The Bertz CT molecular complexity index is 299. The maximum Gasteiger partial charge on any atom is 0.325 e. The van der Waals surface area contributed by atoms with Crippen molar-refractivity contribution in [2.45, 2.75) is 52.1 Å². The lowest BCUT2D eigenvalue weighted by Crippen LogP contribution is -2.54. The summed E-state index contributed by atoms with van der Waals surface area (Å²) in [6.45, 7) is 7.36. The highest BCUT2D eigenvalue weighted by Gasteiger charge is 2.31. The van der Waals surface area contributed by atoms with Gasteiger partial charge < -0.3 is 10.4 Å². The summed E-state index contributed by atoms with van der Waals surface area (Å²) in [5, 5.41) is 11.4. The van der Waals surface area contributed by atoms with E-state index < -0.39 is 12.0 Å². The van der Waals surface area contributed by atoms with Gasteiger partial charge in [0.2, 0.25) is 5.91 Å². The van der Waals surface area contributed by atoms with Crippen molar-refractivity contribution < 1.29 is 14.7 Å². The summed E-state index contributed by atoms with van der Waals surface area (Å²) < 4.78 is 0. The van der Waals surface area contributed by atoms with Gasteiger partial charge in [0.15, 0.2) is 0 Å². The van der Waals surface area contributed by atoms with Crippen molar-refractivity contribution >= 4 is 11.9 Å². The summed E-state index contributed by atoms with van der Waals surface area (Å²) >= 11 is 0. The highest BCUT2D eigenvalue weighted by atomic mass is 16.4. The van der Waals surface area contributed by atoms with Crippen LogP contribution in [-0.4, -0.2) is 47.1 Å². The van der Waals surface area contributed by atoms with E-state index in [1.807, 2.05) is 13.8 Å². The second kappa shape index (κ2) is 6.73. The van der Waals surface area contributed by atoms with Crippen LogP contribution in [-0.2, 0) is 9.59 Å². The van der Waals surface area contributed by atoms with Crippen molar-refractivity contribution in [2.75, 3.05) is 13.1 Å². The number of piperidine rings is 1. The molecule has 0 saturated carbocycles. The molecular formula is C13H24N2O3. The molecular weight excluding hydrogens is 232 g/mol. The number of carboxylic acids is 1. The lowest BCUT2D eigenvalue weighted by atomic mass is 9.98. The van der Waals surface area contributed by atoms with Gasteiger partial charge in [0.05, 0.1) is 6.04 Å². The van der Waals surface area contributed by atoms with Crippen LogP contribution in [0.2, 0.25) is 0 Å². The van der Waals surface area contributed by atoms with Crippen LogP contribution in [0.1, 0.15) is 40.0 Å². The largest absolute Gasteiger partial charge is 0.480 e. The minimum absolute atomic E-state index is 0.165. The number of nitrogens with one attached hydrogen (secondary N) is 1. The number of carbonyl (C=O) groups excluding carboxylic acids is 1. The fourth-order valence-electron chi connectivity index (χ4n) is 2.45. The summed E-state index contributed by atoms with van der Waals surface area (Å²) in [4.78, 5) is 25.1. The first-order chi connectivity index (χ1) is 8.43. The zero-order valence-corrected chi connectivity index (χ0v) is 11.5. The lowest BCUT2D eigenvalue weighted by molar-refractivity contribution is -0.142. The van der Waals surface area contributed by atoms with Gasteiger partial charge in [-0.2, -0.15) is 0 Å². The highest BCUT2D eigenvalue weighted by molar-refractivity contribution is 5.86. The number of likely N-dealkylation sites (tertiary alicyclic amines) is 1. The minimum Gasteiger partial charge on any atom is -0.480 e. The fourth-order valence-corrected chi connectivity index (χ4v) is 2.45. The Morgan fingerprint density at radius 3 is 2.11 bits per heavy atom.